The van der Waals surface area contributed by atoms with Gasteiger partial charge < -0.3 is 15.1 Å². The lowest BCUT2D eigenvalue weighted by Gasteiger charge is -2.35. The van der Waals surface area contributed by atoms with Gasteiger partial charge in [0.1, 0.15) is 5.82 Å². The van der Waals surface area contributed by atoms with E-state index in [1.807, 2.05) is 18.2 Å². The summed E-state index contributed by atoms with van der Waals surface area (Å²) in [6.45, 7) is 1.63. The number of carbonyl (C=O) groups excluding carboxylic acids is 3. The van der Waals surface area contributed by atoms with Crippen LogP contribution in [-0.4, -0.2) is 60.2 Å². The zero-order chi connectivity index (χ0) is 21.3. The van der Waals surface area contributed by atoms with Gasteiger partial charge in [0.25, 0.3) is 5.91 Å². The zero-order valence-electron chi connectivity index (χ0n) is 16.9. The number of aryl methyl sites for hydroxylation is 1. The van der Waals surface area contributed by atoms with Gasteiger partial charge in [-0.2, -0.15) is 0 Å². The highest BCUT2D eigenvalue weighted by Gasteiger charge is 2.24. The van der Waals surface area contributed by atoms with Gasteiger partial charge in [0.2, 0.25) is 11.8 Å². The molecule has 0 radical (unpaired) electrons. The summed E-state index contributed by atoms with van der Waals surface area (Å²) in [6.07, 6.45) is 2.15. The lowest BCUT2D eigenvalue weighted by Crippen LogP contribution is -2.52. The second-order valence-electron chi connectivity index (χ2n) is 7.26. The van der Waals surface area contributed by atoms with Crippen molar-refractivity contribution in [3.8, 4) is 0 Å². The SMILES string of the molecule is O=C(NCC(=O)N1CCN(C(=O)CCCc2ccccc2)CC1)c1ccccc1F. The van der Waals surface area contributed by atoms with Gasteiger partial charge in [-0.25, -0.2) is 4.39 Å². The van der Waals surface area contributed by atoms with Crippen molar-refractivity contribution in [3.63, 3.8) is 0 Å². The number of amides is 3. The van der Waals surface area contributed by atoms with Crippen LogP contribution in [0, 0.1) is 5.82 Å². The number of nitrogens with zero attached hydrogens (tertiary/aromatic N) is 2. The molecular formula is C23H26FN3O3. The first-order valence-corrected chi connectivity index (χ1v) is 10.2. The molecule has 1 aliphatic heterocycles. The van der Waals surface area contributed by atoms with Crippen molar-refractivity contribution in [2.45, 2.75) is 19.3 Å². The summed E-state index contributed by atoms with van der Waals surface area (Å²) in [5, 5.41) is 2.46. The van der Waals surface area contributed by atoms with Crippen LogP contribution in [0.1, 0.15) is 28.8 Å². The molecule has 1 N–H and O–H groups in total. The second kappa shape index (κ2) is 10.5. The van der Waals surface area contributed by atoms with Gasteiger partial charge in [-0.15, -0.1) is 0 Å². The Hall–Kier alpha value is -3.22. The fourth-order valence-electron chi connectivity index (χ4n) is 3.46. The van der Waals surface area contributed by atoms with Crippen LogP contribution >= 0.6 is 0 Å². The molecular weight excluding hydrogens is 385 g/mol. The van der Waals surface area contributed by atoms with E-state index in [2.05, 4.69) is 17.4 Å². The molecule has 0 spiro atoms. The molecule has 2 aromatic rings. The van der Waals surface area contributed by atoms with Crippen molar-refractivity contribution in [3.05, 3.63) is 71.5 Å². The standard InChI is InChI=1S/C23H26FN3O3/c24-20-11-5-4-10-19(20)23(30)25-17-22(29)27-15-13-26(14-16-27)21(28)12-6-9-18-7-2-1-3-8-18/h1-5,7-8,10-11H,6,9,12-17H2,(H,25,30). The van der Waals surface area contributed by atoms with E-state index in [0.717, 1.165) is 12.8 Å². The van der Waals surface area contributed by atoms with Crippen molar-refractivity contribution in [1.82, 2.24) is 15.1 Å². The third-order valence-electron chi connectivity index (χ3n) is 5.20. The van der Waals surface area contributed by atoms with Gasteiger partial charge in [-0.05, 0) is 30.5 Å². The molecule has 0 aromatic heterocycles. The summed E-state index contributed by atoms with van der Waals surface area (Å²) in [5.41, 5.74) is 1.13. The van der Waals surface area contributed by atoms with Gasteiger partial charge in [0.05, 0.1) is 12.1 Å². The third kappa shape index (κ3) is 5.89. The molecule has 3 amide bonds. The van der Waals surface area contributed by atoms with Gasteiger partial charge in [-0.1, -0.05) is 42.5 Å². The van der Waals surface area contributed by atoms with Crippen molar-refractivity contribution >= 4 is 17.7 Å². The Morgan fingerprint density at radius 2 is 1.43 bits per heavy atom. The van der Waals surface area contributed by atoms with E-state index in [4.69, 9.17) is 0 Å². The summed E-state index contributed by atoms with van der Waals surface area (Å²) in [4.78, 5) is 40.2. The van der Waals surface area contributed by atoms with E-state index in [-0.39, 0.29) is 23.9 Å². The number of halogens is 1. The van der Waals surface area contributed by atoms with Crippen LogP contribution in [0.25, 0.3) is 0 Å². The molecule has 1 saturated heterocycles. The third-order valence-corrected chi connectivity index (χ3v) is 5.20. The lowest BCUT2D eigenvalue weighted by molar-refractivity contribution is -0.139. The Labute approximate surface area is 175 Å². The van der Waals surface area contributed by atoms with Crippen molar-refractivity contribution in [2.24, 2.45) is 0 Å². The first kappa shape index (κ1) is 21.5. The summed E-state index contributed by atoms with van der Waals surface area (Å²) in [7, 11) is 0. The minimum Gasteiger partial charge on any atom is -0.343 e. The van der Waals surface area contributed by atoms with Crippen LogP contribution in [0.15, 0.2) is 54.6 Å². The fraction of sp³-hybridized carbons (Fsp3) is 0.348. The Balaban J connectivity index is 1.37. The minimum atomic E-state index is -0.623. The number of carbonyl (C=O) groups is 3. The van der Waals surface area contributed by atoms with Crippen LogP contribution in [0.4, 0.5) is 4.39 Å². The molecule has 30 heavy (non-hydrogen) atoms. The fourth-order valence-corrected chi connectivity index (χ4v) is 3.46. The molecule has 0 aliphatic carbocycles. The Morgan fingerprint density at radius 3 is 2.10 bits per heavy atom. The summed E-state index contributed by atoms with van der Waals surface area (Å²) >= 11 is 0. The number of rotatable bonds is 7. The molecule has 7 heteroatoms. The molecule has 6 nitrogen and oxygen atoms in total. The van der Waals surface area contributed by atoms with Gasteiger partial charge in [0, 0.05) is 32.6 Å². The highest BCUT2D eigenvalue weighted by molar-refractivity contribution is 5.96. The average Bonchev–Trinajstić information content (AvgIpc) is 2.78. The maximum absolute atomic E-state index is 13.6. The van der Waals surface area contributed by atoms with Crippen molar-refractivity contribution in [1.29, 1.82) is 0 Å². The molecule has 0 atom stereocenters. The molecule has 1 aliphatic rings. The highest BCUT2D eigenvalue weighted by atomic mass is 19.1. The van der Waals surface area contributed by atoms with E-state index in [0.29, 0.717) is 32.6 Å². The molecule has 0 saturated carbocycles. The topological polar surface area (TPSA) is 69.7 Å². The van der Waals surface area contributed by atoms with E-state index in [9.17, 15) is 18.8 Å². The highest BCUT2D eigenvalue weighted by Crippen LogP contribution is 2.09. The van der Waals surface area contributed by atoms with Crippen LogP contribution in [0.2, 0.25) is 0 Å². The van der Waals surface area contributed by atoms with Crippen LogP contribution in [0.3, 0.4) is 0 Å². The number of nitrogens with one attached hydrogen (secondary N) is 1. The zero-order valence-corrected chi connectivity index (χ0v) is 16.9. The molecule has 158 valence electrons. The van der Waals surface area contributed by atoms with E-state index < -0.39 is 11.7 Å². The predicted molar refractivity (Wildman–Crippen MR) is 111 cm³/mol. The number of hydrogen-bond acceptors (Lipinski definition) is 3. The molecule has 2 aromatic carbocycles. The number of benzene rings is 2. The molecule has 0 bridgehead atoms. The lowest BCUT2D eigenvalue weighted by atomic mass is 10.1. The average molecular weight is 411 g/mol. The normalized spacial score (nSPS) is 13.8. The van der Waals surface area contributed by atoms with Gasteiger partial charge in [-0.3, -0.25) is 14.4 Å². The Kier molecular flexibility index (Phi) is 7.54. The second-order valence-corrected chi connectivity index (χ2v) is 7.26. The molecule has 0 unspecified atom stereocenters. The summed E-state index contributed by atoms with van der Waals surface area (Å²) < 4.78 is 13.6. The quantitative estimate of drug-likeness (QED) is 0.760. The van der Waals surface area contributed by atoms with Crippen LogP contribution in [-0.2, 0) is 16.0 Å². The maximum Gasteiger partial charge on any atom is 0.254 e. The van der Waals surface area contributed by atoms with E-state index in [1.54, 1.807) is 15.9 Å². The first-order chi connectivity index (χ1) is 14.5. The minimum absolute atomic E-state index is 0.0868. The predicted octanol–water partition coefficient (Wildman–Crippen LogP) is 2.25. The molecule has 3 rings (SSSR count). The van der Waals surface area contributed by atoms with E-state index in [1.165, 1.54) is 23.8 Å². The van der Waals surface area contributed by atoms with Gasteiger partial charge >= 0.3 is 0 Å². The largest absolute Gasteiger partial charge is 0.343 e. The van der Waals surface area contributed by atoms with Crippen molar-refractivity contribution < 1.29 is 18.8 Å². The summed E-state index contributed by atoms with van der Waals surface area (Å²) in [5.74, 6) is -1.38. The molecule has 1 heterocycles. The van der Waals surface area contributed by atoms with Gasteiger partial charge in [0.15, 0.2) is 0 Å². The number of hydrogen-bond donors (Lipinski definition) is 1. The Morgan fingerprint density at radius 1 is 0.833 bits per heavy atom. The monoisotopic (exact) mass is 411 g/mol. The van der Waals surface area contributed by atoms with Crippen LogP contribution in [0.5, 0.6) is 0 Å². The van der Waals surface area contributed by atoms with E-state index >= 15 is 0 Å². The van der Waals surface area contributed by atoms with Crippen molar-refractivity contribution in [2.75, 3.05) is 32.7 Å². The van der Waals surface area contributed by atoms with Crippen LogP contribution < -0.4 is 5.32 Å². The molecule has 1 fully saturated rings. The maximum atomic E-state index is 13.6. The summed E-state index contributed by atoms with van der Waals surface area (Å²) in [6, 6.07) is 15.7. The number of piperazine rings is 1. The first-order valence-electron chi connectivity index (χ1n) is 10.2. The Bertz CT molecular complexity index is 880. The smallest absolute Gasteiger partial charge is 0.254 e.